The van der Waals surface area contributed by atoms with Crippen molar-refractivity contribution in [2.45, 2.75) is 11.4 Å². The minimum absolute atomic E-state index is 0.238. The van der Waals surface area contributed by atoms with Crippen LogP contribution in [-0.4, -0.2) is 34.0 Å². The summed E-state index contributed by atoms with van der Waals surface area (Å²) >= 11 is 0. The molecule has 110 valence electrons. The van der Waals surface area contributed by atoms with Gasteiger partial charge >= 0.3 is 0 Å². The molecule has 0 spiro atoms. The van der Waals surface area contributed by atoms with Crippen molar-refractivity contribution in [3.63, 3.8) is 0 Å². The lowest BCUT2D eigenvalue weighted by molar-refractivity contribution is 0.602. The first-order chi connectivity index (χ1) is 9.86. The number of hydrogen-bond acceptors (Lipinski definition) is 5. The number of para-hydroxylation sites is 1. The molecule has 2 aromatic heterocycles. The van der Waals surface area contributed by atoms with Crippen molar-refractivity contribution in [3.8, 4) is 0 Å². The number of hydrogen-bond donors (Lipinski definition) is 1. The number of imidazole rings is 1. The summed E-state index contributed by atoms with van der Waals surface area (Å²) in [5.74, 6) is 0.712. The zero-order valence-electron chi connectivity index (χ0n) is 11.7. The van der Waals surface area contributed by atoms with Crippen molar-refractivity contribution < 1.29 is 8.42 Å². The Morgan fingerprint density at radius 1 is 1.33 bits per heavy atom. The molecule has 7 nitrogen and oxygen atoms in total. The van der Waals surface area contributed by atoms with E-state index in [1.807, 2.05) is 17.7 Å². The number of nitrogens with zero attached hydrogens (tertiary/aromatic N) is 4. The molecule has 8 heteroatoms. The van der Waals surface area contributed by atoms with Crippen LogP contribution in [0.3, 0.4) is 0 Å². The molecule has 2 heterocycles. The molecule has 2 N–H and O–H groups in total. The van der Waals surface area contributed by atoms with E-state index in [1.54, 1.807) is 29.2 Å². The van der Waals surface area contributed by atoms with Gasteiger partial charge in [-0.25, -0.2) is 13.4 Å². The minimum Gasteiger partial charge on any atom is -0.396 e. The third kappa shape index (κ3) is 2.38. The molecule has 0 aliphatic heterocycles. The van der Waals surface area contributed by atoms with E-state index in [0.29, 0.717) is 23.6 Å². The second-order valence-electron chi connectivity index (χ2n) is 4.95. The molecule has 0 aliphatic rings. The number of anilines is 1. The third-order valence-electron chi connectivity index (χ3n) is 3.32. The largest absolute Gasteiger partial charge is 0.396 e. The van der Waals surface area contributed by atoms with Gasteiger partial charge < -0.3 is 10.3 Å². The van der Waals surface area contributed by atoms with Crippen molar-refractivity contribution in [1.82, 2.24) is 19.3 Å². The molecule has 3 aromatic rings. The van der Waals surface area contributed by atoms with Crippen molar-refractivity contribution in [2.75, 3.05) is 12.0 Å². The van der Waals surface area contributed by atoms with Crippen LogP contribution in [0.5, 0.6) is 0 Å². The van der Waals surface area contributed by atoms with Gasteiger partial charge in [-0.3, -0.25) is 4.68 Å². The van der Waals surface area contributed by atoms with Gasteiger partial charge in [0.25, 0.3) is 0 Å². The molecular formula is C13H15N5O2S. The fraction of sp³-hybridized carbons (Fsp3) is 0.231. The Bertz CT molecular complexity index is 923. The molecule has 3 rings (SSSR count). The molecule has 0 saturated carbocycles. The smallest absolute Gasteiger partial charge is 0.177 e. The van der Waals surface area contributed by atoms with Crippen molar-refractivity contribution in [3.05, 3.63) is 36.4 Å². The van der Waals surface area contributed by atoms with Crippen LogP contribution >= 0.6 is 0 Å². The number of nitrogens with two attached hydrogens (primary N) is 1. The summed E-state index contributed by atoms with van der Waals surface area (Å²) in [6, 6.07) is 5.13. The van der Waals surface area contributed by atoms with Crippen LogP contribution in [-0.2, 0) is 23.4 Å². The molecular weight excluding hydrogens is 290 g/mol. The van der Waals surface area contributed by atoms with Gasteiger partial charge in [-0.1, -0.05) is 6.07 Å². The molecule has 0 bridgehead atoms. The lowest BCUT2D eigenvalue weighted by Crippen LogP contribution is -2.06. The quantitative estimate of drug-likeness (QED) is 0.772. The zero-order valence-corrected chi connectivity index (χ0v) is 12.5. The second kappa shape index (κ2) is 4.59. The first kappa shape index (κ1) is 13.6. The lowest BCUT2D eigenvalue weighted by atomic mass is 10.3. The predicted molar refractivity (Wildman–Crippen MR) is 79.6 cm³/mol. The summed E-state index contributed by atoms with van der Waals surface area (Å²) < 4.78 is 27.2. The summed E-state index contributed by atoms with van der Waals surface area (Å²) in [6.07, 6.45) is 4.45. The summed E-state index contributed by atoms with van der Waals surface area (Å²) in [7, 11) is -1.47. The van der Waals surface area contributed by atoms with Crippen molar-refractivity contribution >= 4 is 26.6 Å². The van der Waals surface area contributed by atoms with E-state index in [-0.39, 0.29) is 4.90 Å². The van der Waals surface area contributed by atoms with Crippen LogP contribution in [0.2, 0.25) is 0 Å². The summed E-state index contributed by atoms with van der Waals surface area (Å²) in [5, 5.41) is 4.11. The highest BCUT2D eigenvalue weighted by Gasteiger charge is 2.17. The summed E-state index contributed by atoms with van der Waals surface area (Å²) in [5.41, 5.74) is 7.47. The van der Waals surface area contributed by atoms with Gasteiger partial charge in [0.05, 0.1) is 28.8 Å². The summed E-state index contributed by atoms with van der Waals surface area (Å²) in [4.78, 5) is 4.70. The van der Waals surface area contributed by atoms with Gasteiger partial charge in [0.15, 0.2) is 9.84 Å². The van der Waals surface area contributed by atoms with Crippen LogP contribution in [0, 0.1) is 0 Å². The number of fused-ring (bicyclic) bond motifs is 1. The Labute approximate surface area is 121 Å². The molecule has 0 saturated heterocycles. The van der Waals surface area contributed by atoms with Gasteiger partial charge in [-0.05, 0) is 12.1 Å². The maximum atomic E-state index is 11.8. The zero-order chi connectivity index (χ0) is 15.2. The fourth-order valence-corrected chi connectivity index (χ4v) is 3.12. The Kier molecular flexibility index (Phi) is 2.98. The average Bonchev–Trinajstić information content (AvgIpc) is 2.94. The van der Waals surface area contributed by atoms with E-state index in [0.717, 1.165) is 5.52 Å². The maximum Gasteiger partial charge on any atom is 0.177 e. The van der Waals surface area contributed by atoms with Gasteiger partial charge in [0.2, 0.25) is 0 Å². The van der Waals surface area contributed by atoms with Crippen molar-refractivity contribution in [2.24, 2.45) is 7.05 Å². The fourth-order valence-electron chi connectivity index (χ4n) is 2.29. The third-order valence-corrected chi connectivity index (χ3v) is 4.45. The molecule has 1 aromatic carbocycles. The SMILES string of the molecule is Cn1c(Cn2cc(N)cn2)nc2c(S(C)(=O)=O)cccc21. The lowest BCUT2D eigenvalue weighted by Gasteiger charge is -2.02. The van der Waals surface area contributed by atoms with Crippen LogP contribution < -0.4 is 5.73 Å². The Balaban J connectivity index is 2.15. The highest BCUT2D eigenvalue weighted by Crippen LogP contribution is 2.23. The van der Waals surface area contributed by atoms with E-state index < -0.39 is 9.84 Å². The number of aromatic nitrogens is 4. The number of aryl methyl sites for hydroxylation is 1. The number of rotatable bonds is 3. The van der Waals surface area contributed by atoms with Crippen LogP contribution in [0.4, 0.5) is 5.69 Å². The monoisotopic (exact) mass is 305 g/mol. The Hall–Kier alpha value is -2.35. The number of sulfone groups is 1. The van der Waals surface area contributed by atoms with E-state index in [9.17, 15) is 8.42 Å². The number of benzene rings is 1. The van der Waals surface area contributed by atoms with Crippen LogP contribution in [0.25, 0.3) is 11.0 Å². The molecule has 0 aliphatic carbocycles. The highest BCUT2D eigenvalue weighted by molar-refractivity contribution is 7.91. The second-order valence-corrected chi connectivity index (χ2v) is 6.94. The first-order valence-electron chi connectivity index (χ1n) is 6.28. The van der Waals surface area contributed by atoms with Gasteiger partial charge in [0, 0.05) is 19.5 Å². The molecule has 0 radical (unpaired) electrons. The highest BCUT2D eigenvalue weighted by atomic mass is 32.2. The normalized spacial score (nSPS) is 12.1. The molecule has 0 amide bonds. The molecule has 0 unspecified atom stereocenters. The average molecular weight is 305 g/mol. The van der Waals surface area contributed by atoms with Gasteiger partial charge in [-0.2, -0.15) is 5.10 Å². The summed E-state index contributed by atoms with van der Waals surface area (Å²) in [6.45, 7) is 0.422. The standard InChI is InChI=1S/C13H15N5O2S/c1-17-10-4-3-5-11(21(2,19)20)13(10)16-12(17)8-18-7-9(14)6-15-18/h3-7H,8,14H2,1-2H3. The molecule has 0 atom stereocenters. The van der Waals surface area contributed by atoms with Gasteiger partial charge in [-0.15, -0.1) is 0 Å². The number of nitrogen functional groups attached to an aromatic ring is 1. The minimum atomic E-state index is -3.32. The Morgan fingerprint density at radius 3 is 2.71 bits per heavy atom. The van der Waals surface area contributed by atoms with E-state index in [2.05, 4.69) is 10.1 Å². The maximum absolute atomic E-state index is 11.8. The van der Waals surface area contributed by atoms with E-state index in [1.165, 1.54) is 6.26 Å². The Morgan fingerprint density at radius 2 is 2.10 bits per heavy atom. The van der Waals surface area contributed by atoms with Crippen molar-refractivity contribution in [1.29, 1.82) is 0 Å². The topological polar surface area (TPSA) is 95.8 Å². The first-order valence-corrected chi connectivity index (χ1v) is 8.17. The molecule has 21 heavy (non-hydrogen) atoms. The van der Waals surface area contributed by atoms with Gasteiger partial charge in [0.1, 0.15) is 11.3 Å². The molecule has 0 fully saturated rings. The van der Waals surface area contributed by atoms with Crippen LogP contribution in [0.15, 0.2) is 35.5 Å². The van der Waals surface area contributed by atoms with E-state index in [4.69, 9.17) is 5.73 Å². The van der Waals surface area contributed by atoms with E-state index >= 15 is 0 Å². The van der Waals surface area contributed by atoms with Crippen LogP contribution in [0.1, 0.15) is 5.82 Å². The predicted octanol–water partition coefficient (Wildman–Crippen LogP) is 0.804.